The van der Waals surface area contributed by atoms with Crippen molar-refractivity contribution >= 4 is 33.6 Å². The Balaban J connectivity index is 1.44. The molecule has 186 valence electrons. The quantitative estimate of drug-likeness (QED) is 0.600. The van der Waals surface area contributed by atoms with E-state index in [2.05, 4.69) is 19.6 Å². The average Bonchev–Trinajstić information content (AvgIpc) is 3.12. The van der Waals surface area contributed by atoms with Gasteiger partial charge in [-0.05, 0) is 37.1 Å². The molecule has 2 aliphatic rings. The summed E-state index contributed by atoms with van der Waals surface area (Å²) in [7, 11) is -3.67. The summed E-state index contributed by atoms with van der Waals surface area (Å²) >= 11 is 0. The first-order valence-electron chi connectivity index (χ1n) is 11.6. The van der Waals surface area contributed by atoms with Crippen LogP contribution in [0.1, 0.15) is 36.7 Å². The van der Waals surface area contributed by atoms with Crippen molar-refractivity contribution in [2.75, 3.05) is 37.7 Å². The Labute approximate surface area is 205 Å². The number of amidine groups is 1. The maximum atomic E-state index is 13.4. The summed E-state index contributed by atoms with van der Waals surface area (Å²) in [5, 5.41) is 0. The van der Waals surface area contributed by atoms with Gasteiger partial charge in [0.2, 0.25) is 5.91 Å². The van der Waals surface area contributed by atoms with Crippen molar-refractivity contribution in [1.29, 1.82) is 0 Å². The molecule has 0 radical (unpaired) electrons. The van der Waals surface area contributed by atoms with E-state index in [1.807, 2.05) is 13.8 Å². The summed E-state index contributed by atoms with van der Waals surface area (Å²) in [6, 6.07) is 9.36. The molecule has 1 atom stereocenters. The molecule has 1 N–H and O–H groups in total. The molecule has 4 rings (SSSR count). The lowest BCUT2D eigenvalue weighted by atomic mass is 10.0. The third-order valence-corrected chi connectivity index (χ3v) is 7.39. The first kappa shape index (κ1) is 24.6. The zero-order valence-corrected chi connectivity index (χ0v) is 20.8. The second-order valence-electron chi connectivity index (χ2n) is 8.71. The number of benzene rings is 1. The number of pyridine rings is 1. The number of amides is 1. The van der Waals surface area contributed by atoms with Gasteiger partial charge in [-0.2, -0.15) is 0 Å². The first-order valence-corrected chi connectivity index (χ1v) is 13.1. The molecule has 0 spiro atoms. The fourth-order valence-corrected chi connectivity index (χ4v) is 5.35. The Morgan fingerprint density at radius 2 is 1.83 bits per heavy atom. The zero-order valence-electron chi connectivity index (χ0n) is 20.0. The van der Waals surface area contributed by atoms with Crippen molar-refractivity contribution in [3.05, 3.63) is 53.7 Å². The van der Waals surface area contributed by atoms with Crippen LogP contribution in [-0.4, -0.2) is 74.8 Å². The number of hydrogen-bond acceptors (Lipinski definition) is 8. The van der Waals surface area contributed by atoms with Crippen LogP contribution in [0.3, 0.4) is 0 Å². The minimum Gasteiger partial charge on any atom is -0.462 e. The molecule has 11 heteroatoms. The van der Waals surface area contributed by atoms with Gasteiger partial charge in [-0.15, -0.1) is 0 Å². The SMILES string of the molecule is CCOC(=O)c1ccc(N2CCN(C(=O)[C@@H](N=C3NS(=O)(=O)c4ccccc43)C(C)C)CC2)nc1. The summed E-state index contributed by atoms with van der Waals surface area (Å²) in [5.41, 5.74) is 0.875. The minimum atomic E-state index is -3.67. The number of rotatable bonds is 6. The van der Waals surface area contributed by atoms with Gasteiger partial charge < -0.3 is 14.5 Å². The Morgan fingerprint density at radius 1 is 1.11 bits per heavy atom. The van der Waals surface area contributed by atoms with Crippen LogP contribution >= 0.6 is 0 Å². The monoisotopic (exact) mass is 499 g/mol. The smallest absolute Gasteiger partial charge is 0.339 e. The molecule has 1 amide bonds. The maximum Gasteiger partial charge on any atom is 0.339 e. The van der Waals surface area contributed by atoms with E-state index in [0.717, 1.165) is 5.82 Å². The van der Waals surface area contributed by atoms with Crippen LogP contribution in [0.15, 0.2) is 52.5 Å². The molecule has 35 heavy (non-hydrogen) atoms. The van der Waals surface area contributed by atoms with Gasteiger partial charge >= 0.3 is 5.97 Å². The topological polar surface area (TPSA) is 121 Å². The van der Waals surface area contributed by atoms with E-state index in [0.29, 0.717) is 43.9 Å². The Bertz CT molecular complexity index is 1240. The summed E-state index contributed by atoms with van der Waals surface area (Å²) in [5.74, 6) is 0.263. The van der Waals surface area contributed by atoms with Gasteiger partial charge in [0.1, 0.15) is 17.7 Å². The van der Waals surface area contributed by atoms with E-state index in [9.17, 15) is 18.0 Å². The number of esters is 1. The lowest BCUT2D eigenvalue weighted by Crippen LogP contribution is -2.52. The zero-order chi connectivity index (χ0) is 25.2. The van der Waals surface area contributed by atoms with E-state index in [1.165, 1.54) is 12.3 Å². The number of carbonyl (C=O) groups is 2. The third kappa shape index (κ3) is 5.14. The largest absolute Gasteiger partial charge is 0.462 e. The van der Waals surface area contributed by atoms with Crippen molar-refractivity contribution in [3.63, 3.8) is 0 Å². The van der Waals surface area contributed by atoms with Crippen molar-refractivity contribution in [2.45, 2.75) is 31.7 Å². The Morgan fingerprint density at radius 3 is 2.46 bits per heavy atom. The van der Waals surface area contributed by atoms with Gasteiger partial charge in [-0.3, -0.25) is 14.5 Å². The minimum absolute atomic E-state index is 0.123. The molecule has 0 saturated carbocycles. The molecular formula is C24H29N5O5S. The van der Waals surface area contributed by atoms with Gasteiger partial charge in [0.05, 0.1) is 17.1 Å². The summed E-state index contributed by atoms with van der Waals surface area (Å²) in [6.07, 6.45) is 1.50. The number of hydrogen-bond donors (Lipinski definition) is 1. The number of aliphatic imine (C=N–C) groups is 1. The highest BCUT2D eigenvalue weighted by molar-refractivity contribution is 7.90. The summed E-state index contributed by atoms with van der Waals surface area (Å²) in [6.45, 7) is 7.97. The number of nitrogens with zero attached hydrogens (tertiary/aromatic N) is 4. The Hall–Kier alpha value is -3.47. The lowest BCUT2D eigenvalue weighted by molar-refractivity contribution is -0.133. The maximum absolute atomic E-state index is 13.4. The second kappa shape index (κ2) is 10.0. The van der Waals surface area contributed by atoms with E-state index in [1.54, 1.807) is 42.2 Å². The predicted molar refractivity (Wildman–Crippen MR) is 131 cm³/mol. The number of fused-ring (bicyclic) bond motifs is 1. The molecule has 3 heterocycles. The number of piperazine rings is 1. The number of ether oxygens (including phenoxy) is 1. The first-order chi connectivity index (χ1) is 16.7. The van der Waals surface area contributed by atoms with Crippen LogP contribution in [0.2, 0.25) is 0 Å². The molecule has 2 aliphatic heterocycles. The standard InChI is InChI=1S/C24H29N5O5S/c1-4-34-24(31)17-9-10-20(25-15-17)28-11-13-29(14-12-28)23(30)21(16(2)3)26-22-18-7-5-6-8-19(18)35(32,33)27-22/h5-10,15-16,21H,4,11-14H2,1-3H3,(H,26,27)/t21-/m0/s1. The molecule has 1 saturated heterocycles. The predicted octanol–water partition coefficient (Wildman–Crippen LogP) is 1.67. The van der Waals surface area contributed by atoms with E-state index in [4.69, 9.17) is 4.74 Å². The third-order valence-electron chi connectivity index (χ3n) is 5.99. The highest BCUT2D eigenvalue weighted by atomic mass is 32.2. The molecule has 10 nitrogen and oxygen atoms in total. The normalized spacial score (nSPS) is 18.8. The average molecular weight is 500 g/mol. The number of aromatic nitrogens is 1. The second-order valence-corrected chi connectivity index (χ2v) is 10.4. The van der Waals surface area contributed by atoms with Crippen LogP contribution in [0, 0.1) is 5.92 Å². The highest BCUT2D eigenvalue weighted by Crippen LogP contribution is 2.24. The fourth-order valence-electron chi connectivity index (χ4n) is 4.11. The van der Waals surface area contributed by atoms with Gasteiger partial charge in [-0.1, -0.05) is 26.0 Å². The fraction of sp³-hybridized carbons (Fsp3) is 0.417. The van der Waals surface area contributed by atoms with Crippen LogP contribution in [0.4, 0.5) is 5.82 Å². The van der Waals surface area contributed by atoms with Crippen LogP contribution in [0.5, 0.6) is 0 Å². The molecule has 1 aromatic heterocycles. The van der Waals surface area contributed by atoms with E-state index < -0.39 is 22.0 Å². The van der Waals surface area contributed by atoms with Gasteiger partial charge in [0, 0.05) is 37.9 Å². The summed E-state index contributed by atoms with van der Waals surface area (Å²) in [4.78, 5) is 38.1. The molecule has 1 aromatic carbocycles. The van der Waals surface area contributed by atoms with Gasteiger partial charge in [0.15, 0.2) is 0 Å². The Kier molecular flexibility index (Phi) is 7.06. The van der Waals surface area contributed by atoms with Crippen molar-refractivity contribution < 1.29 is 22.7 Å². The van der Waals surface area contributed by atoms with Crippen molar-refractivity contribution in [2.24, 2.45) is 10.9 Å². The number of anilines is 1. The van der Waals surface area contributed by atoms with Crippen LogP contribution in [-0.2, 0) is 19.6 Å². The molecule has 0 aliphatic carbocycles. The van der Waals surface area contributed by atoms with Gasteiger partial charge in [-0.25, -0.2) is 18.2 Å². The summed E-state index contributed by atoms with van der Waals surface area (Å²) < 4.78 is 32.3. The van der Waals surface area contributed by atoms with Gasteiger partial charge in [0.25, 0.3) is 10.0 Å². The molecular weight excluding hydrogens is 470 g/mol. The highest BCUT2D eigenvalue weighted by Gasteiger charge is 2.34. The van der Waals surface area contributed by atoms with E-state index >= 15 is 0 Å². The van der Waals surface area contributed by atoms with Crippen LogP contribution < -0.4 is 9.62 Å². The van der Waals surface area contributed by atoms with Crippen molar-refractivity contribution in [1.82, 2.24) is 14.6 Å². The molecule has 0 bridgehead atoms. The number of sulfonamides is 1. The van der Waals surface area contributed by atoms with Crippen molar-refractivity contribution in [3.8, 4) is 0 Å². The van der Waals surface area contributed by atoms with E-state index in [-0.39, 0.29) is 22.6 Å². The number of carbonyl (C=O) groups excluding carboxylic acids is 2. The molecule has 0 unspecified atom stereocenters. The number of nitrogens with one attached hydrogen (secondary N) is 1. The molecule has 2 aromatic rings. The van der Waals surface area contributed by atoms with Crippen LogP contribution in [0.25, 0.3) is 0 Å². The lowest BCUT2D eigenvalue weighted by Gasteiger charge is -2.37. The molecule has 1 fully saturated rings.